The van der Waals surface area contributed by atoms with E-state index in [1.165, 1.54) is 6.92 Å². The van der Waals surface area contributed by atoms with Gasteiger partial charge in [-0.2, -0.15) is 0 Å². The van der Waals surface area contributed by atoms with Crippen LogP contribution in [-0.4, -0.2) is 216 Å². The summed E-state index contributed by atoms with van der Waals surface area (Å²) in [5.74, 6) is -5.14. The fraction of sp³-hybridized carbons (Fsp3) is 0.839. The highest BCUT2D eigenvalue weighted by Gasteiger charge is 2.78. The molecule has 0 radical (unpaired) electrons. The van der Waals surface area contributed by atoms with E-state index in [-0.39, 0.29) is 42.6 Å². The summed E-state index contributed by atoms with van der Waals surface area (Å²) >= 11 is 0. The number of hydrogen-bond acceptors (Lipinski definition) is 23. The van der Waals surface area contributed by atoms with E-state index < -0.39 is 199 Å². The van der Waals surface area contributed by atoms with E-state index in [0.29, 0.717) is 31.3 Å². The molecule has 7 fully saturated rings. The number of aliphatic carboxylic acids is 1. The number of aliphatic hydroxyl groups is 10. The summed E-state index contributed by atoms with van der Waals surface area (Å²) in [4.78, 5) is 55.0. The van der Waals surface area contributed by atoms with E-state index in [2.05, 4.69) is 19.9 Å². The van der Waals surface area contributed by atoms with Crippen LogP contribution in [-0.2, 0) is 61.8 Å². The Balaban J connectivity index is 1.12. The molecule has 5 aliphatic carbocycles. The lowest BCUT2D eigenvalue weighted by molar-refractivity contribution is -0.372. The van der Waals surface area contributed by atoms with Crippen molar-refractivity contribution in [3.8, 4) is 0 Å². The third-order valence-electron chi connectivity index (χ3n) is 22.2. The van der Waals surface area contributed by atoms with Crippen LogP contribution in [0.2, 0.25) is 0 Å². The van der Waals surface area contributed by atoms with Gasteiger partial charge in [-0.15, -0.1) is 0 Å². The maximum atomic E-state index is 14.3. The Morgan fingerprint density at radius 2 is 1.28 bits per heavy atom. The molecular formula is C62H96O24. The van der Waals surface area contributed by atoms with Gasteiger partial charge in [-0.05, 0) is 108 Å². The van der Waals surface area contributed by atoms with Crippen LogP contribution in [0.1, 0.15) is 135 Å². The Bertz CT molecular complexity index is 2590. The van der Waals surface area contributed by atoms with Crippen molar-refractivity contribution in [2.75, 3.05) is 19.8 Å². The van der Waals surface area contributed by atoms with Gasteiger partial charge in [-0.25, -0.2) is 14.4 Å². The quantitative estimate of drug-likeness (QED) is 0.0345. The standard InChI is InChI=1S/C62H96O24/c1-14-28(5)52(76)85-49-50(86-53(77)29(6)15-2)62(26-64)32(23-57(49,8)9)31-16-17-35-58(10)20-19-36(59(11,25-63)34(58)18-21-60(35,12)61(31,13)48(47(62)73)81-37(66)22-27(3)4)80-56-43(72)45(41(70)46(84-56)51(74)75)83-54-42(71)44(33(65)24-78-54)82-55-40(69)39(68)38(67)30(7)79-55/h14-16,27,30,32-36,38-50,54-56,63-65,67-73H,17-26H2,1-13H3,(H,74,75)/b28-14-,29-15-/t30-,32-,33-,34+,35+,36-,38-,39+,40+,41-,42+,43+,44-,45-,46-,47+,48-,49-,50-,54-,55-,56+,58-,59-,60+,61-,62-/m0/s1. The van der Waals surface area contributed by atoms with Crippen molar-refractivity contribution in [2.45, 2.75) is 251 Å². The molecule has 3 aliphatic heterocycles. The lowest BCUT2D eigenvalue weighted by atomic mass is 9.32. The molecule has 8 rings (SSSR count). The predicted octanol–water partition coefficient (Wildman–Crippen LogP) is 1.86. The third-order valence-corrected chi connectivity index (χ3v) is 22.2. The van der Waals surface area contributed by atoms with Gasteiger partial charge in [0, 0.05) is 33.8 Å². The van der Waals surface area contributed by atoms with Gasteiger partial charge >= 0.3 is 23.9 Å². The molecule has 4 saturated carbocycles. The highest BCUT2D eigenvalue weighted by Crippen LogP contribution is 2.76. The molecule has 488 valence electrons. The Morgan fingerprint density at radius 3 is 1.86 bits per heavy atom. The first kappa shape index (κ1) is 68.4. The van der Waals surface area contributed by atoms with Crippen LogP contribution >= 0.6 is 0 Å². The number of allylic oxidation sites excluding steroid dienone is 3. The minimum atomic E-state index is -2.10. The van der Waals surface area contributed by atoms with E-state index >= 15 is 0 Å². The molecule has 0 spiro atoms. The summed E-state index contributed by atoms with van der Waals surface area (Å²) in [5.41, 5.74) is -5.16. The van der Waals surface area contributed by atoms with E-state index in [1.54, 1.807) is 39.8 Å². The van der Waals surface area contributed by atoms with E-state index in [0.717, 1.165) is 5.57 Å². The molecule has 27 atom stereocenters. The van der Waals surface area contributed by atoms with Crippen molar-refractivity contribution in [3.63, 3.8) is 0 Å². The topological polar surface area (TPSA) is 374 Å². The van der Waals surface area contributed by atoms with E-state index in [1.807, 2.05) is 41.5 Å². The number of carbonyl (C=O) groups is 4. The molecule has 0 aromatic rings. The third kappa shape index (κ3) is 11.3. The van der Waals surface area contributed by atoms with Gasteiger partial charge in [0.05, 0.1) is 37.4 Å². The Labute approximate surface area is 502 Å². The molecule has 11 N–H and O–H groups in total. The van der Waals surface area contributed by atoms with Gasteiger partial charge in [0.15, 0.2) is 31.1 Å². The zero-order chi connectivity index (χ0) is 63.9. The summed E-state index contributed by atoms with van der Waals surface area (Å²) in [6.07, 6.45) is -23.7. The molecule has 0 bridgehead atoms. The highest BCUT2D eigenvalue weighted by atomic mass is 16.8. The Hall–Kier alpha value is -3.54. The van der Waals surface area contributed by atoms with Crippen molar-refractivity contribution in [1.82, 2.24) is 0 Å². The maximum Gasteiger partial charge on any atom is 0.335 e. The number of rotatable bonds is 16. The molecule has 0 amide bonds. The molecule has 24 nitrogen and oxygen atoms in total. The molecule has 86 heavy (non-hydrogen) atoms. The number of carboxylic acid groups (broad SMARTS) is 1. The van der Waals surface area contributed by atoms with Crippen LogP contribution in [0.25, 0.3) is 0 Å². The number of carbonyl (C=O) groups excluding carboxylic acids is 3. The van der Waals surface area contributed by atoms with Crippen LogP contribution in [0.15, 0.2) is 34.9 Å². The number of hydrogen-bond donors (Lipinski definition) is 11. The lowest BCUT2D eigenvalue weighted by Gasteiger charge is -2.73. The molecule has 3 saturated heterocycles. The first-order valence-corrected chi connectivity index (χ1v) is 30.5. The second-order valence-corrected chi connectivity index (χ2v) is 27.9. The van der Waals surface area contributed by atoms with Gasteiger partial charge in [0.25, 0.3) is 0 Å². The predicted molar refractivity (Wildman–Crippen MR) is 300 cm³/mol. The average molecular weight is 1230 g/mol. The number of aliphatic hydroxyl groups excluding tert-OH is 10. The van der Waals surface area contributed by atoms with Gasteiger partial charge in [-0.3, -0.25) is 4.79 Å². The number of esters is 3. The van der Waals surface area contributed by atoms with E-state index in [4.69, 9.17) is 42.6 Å². The van der Waals surface area contributed by atoms with E-state index in [9.17, 15) is 75.3 Å². The smallest absolute Gasteiger partial charge is 0.335 e. The zero-order valence-corrected chi connectivity index (χ0v) is 51.8. The summed E-state index contributed by atoms with van der Waals surface area (Å²) < 4.78 is 54.7. The first-order valence-electron chi connectivity index (χ1n) is 30.5. The van der Waals surface area contributed by atoms with Crippen LogP contribution in [0.4, 0.5) is 0 Å². The van der Waals surface area contributed by atoms with Crippen molar-refractivity contribution >= 4 is 23.9 Å². The van der Waals surface area contributed by atoms with Gasteiger partial charge in [0.2, 0.25) is 0 Å². The molecule has 3 heterocycles. The fourth-order valence-electron chi connectivity index (χ4n) is 16.8. The van der Waals surface area contributed by atoms with Crippen molar-refractivity contribution in [2.24, 2.45) is 56.2 Å². The zero-order valence-electron chi connectivity index (χ0n) is 51.8. The van der Waals surface area contributed by atoms with Crippen LogP contribution < -0.4 is 0 Å². The maximum absolute atomic E-state index is 14.3. The second-order valence-electron chi connectivity index (χ2n) is 27.9. The SMILES string of the molecule is C/C=C(/C)C(=O)O[C@H]1[C@H](OC(=O)/C(C)=C\C)[C@]2(CO)[C@H](O)[C@H](OC(=O)CC(C)C)[C@]3(C)C(=CC[C@@H]4[C@@]5(C)CC[C@H](O[C@@H]6O[C@H](C(=O)O)[C@@H](O)[C@H](O[C@@H]7OC[C@H](O)[C@H](O[C@@H]8O[C@@H](C)[C@H](O)[C@@H](O)[C@H]8O)[C@H]7O)[C@H]6O)[C@@](C)(CO)[C@@H]5CC[C@]43C)[C@@H]2CC1(C)C. The van der Waals surface area contributed by atoms with Crippen LogP contribution in [0.5, 0.6) is 0 Å². The number of carboxylic acids is 1. The second kappa shape index (κ2) is 25.3. The Kier molecular flexibility index (Phi) is 20.1. The minimum absolute atomic E-state index is 0.00585. The van der Waals surface area contributed by atoms with Crippen molar-refractivity contribution in [3.05, 3.63) is 34.9 Å². The van der Waals surface area contributed by atoms with Crippen molar-refractivity contribution in [1.29, 1.82) is 0 Å². The fourth-order valence-corrected chi connectivity index (χ4v) is 16.8. The summed E-state index contributed by atoms with van der Waals surface area (Å²) in [5, 5.41) is 125. The number of fused-ring (bicyclic) bond motifs is 7. The first-order chi connectivity index (χ1) is 40.1. The summed E-state index contributed by atoms with van der Waals surface area (Å²) in [7, 11) is 0. The normalized spacial score (nSPS) is 47.7. The molecular weight excluding hydrogens is 1130 g/mol. The molecule has 0 unspecified atom stereocenters. The summed E-state index contributed by atoms with van der Waals surface area (Å²) in [6.45, 7) is 21.9. The Morgan fingerprint density at radius 1 is 0.686 bits per heavy atom. The molecule has 8 aliphatic rings. The lowest BCUT2D eigenvalue weighted by Crippen LogP contribution is -2.77. The van der Waals surface area contributed by atoms with Crippen molar-refractivity contribution < 1.29 is 118 Å². The summed E-state index contributed by atoms with van der Waals surface area (Å²) in [6, 6.07) is 0. The van der Waals surface area contributed by atoms with Crippen LogP contribution in [0, 0.1) is 56.2 Å². The average Bonchev–Trinajstić information content (AvgIpc) is 0.665. The molecule has 0 aromatic heterocycles. The van der Waals surface area contributed by atoms with Crippen LogP contribution in [0.3, 0.4) is 0 Å². The molecule has 0 aromatic carbocycles. The van der Waals surface area contributed by atoms with Gasteiger partial charge in [0.1, 0.15) is 73.2 Å². The molecule has 24 heteroatoms. The number of ether oxygens (including phenoxy) is 9. The minimum Gasteiger partial charge on any atom is -0.479 e. The largest absolute Gasteiger partial charge is 0.479 e. The van der Waals surface area contributed by atoms with Gasteiger partial charge in [-0.1, -0.05) is 79.2 Å². The highest BCUT2D eigenvalue weighted by molar-refractivity contribution is 5.89. The van der Waals surface area contributed by atoms with Gasteiger partial charge < -0.3 is 98.8 Å². The monoisotopic (exact) mass is 1220 g/mol.